The first-order chi connectivity index (χ1) is 9.32. The van der Waals surface area contributed by atoms with Crippen molar-refractivity contribution in [2.75, 3.05) is 19.5 Å². The third-order valence-corrected chi connectivity index (χ3v) is 3.39. The molecule has 7 heteroatoms. The maximum atomic E-state index is 11.4. The van der Waals surface area contributed by atoms with Gasteiger partial charge < -0.3 is 9.47 Å². The Bertz CT molecular complexity index is 591. The minimum absolute atomic E-state index is 0.104. The second kappa shape index (κ2) is 7.04. The molecular formula is C13H16O6S. The summed E-state index contributed by atoms with van der Waals surface area (Å²) in [6.07, 6.45) is 0.720. The molecule has 20 heavy (non-hydrogen) atoms. The van der Waals surface area contributed by atoms with Gasteiger partial charge in [0.2, 0.25) is 0 Å². The van der Waals surface area contributed by atoms with Crippen molar-refractivity contribution in [1.29, 1.82) is 0 Å². The van der Waals surface area contributed by atoms with Crippen molar-refractivity contribution in [1.82, 2.24) is 0 Å². The number of ether oxygens (including phenoxy) is 2. The number of hydrogen-bond acceptors (Lipinski definition) is 6. The van der Waals surface area contributed by atoms with Gasteiger partial charge in [-0.3, -0.25) is 9.59 Å². The lowest BCUT2D eigenvalue weighted by atomic mass is 10.3. The van der Waals surface area contributed by atoms with E-state index in [0.717, 1.165) is 6.26 Å². The van der Waals surface area contributed by atoms with Crippen LogP contribution in [0.5, 0.6) is 5.75 Å². The first-order valence-corrected chi connectivity index (χ1v) is 7.82. The molecule has 110 valence electrons. The summed E-state index contributed by atoms with van der Waals surface area (Å²) in [7, 11) is -3.33. The number of Topliss-reactive ketones (excluding diaryl/α,β-unsaturated/α-hetero) is 1. The molecular weight excluding hydrogens is 284 g/mol. The highest BCUT2D eigenvalue weighted by Crippen LogP contribution is 2.17. The number of esters is 1. The van der Waals surface area contributed by atoms with Crippen LogP contribution in [0.1, 0.15) is 13.3 Å². The summed E-state index contributed by atoms with van der Waals surface area (Å²) >= 11 is 0. The molecule has 0 saturated carbocycles. The number of rotatable bonds is 7. The molecule has 0 spiro atoms. The van der Waals surface area contributed by atoms with Crippen LogP contribution in [-0.4, -0.2) is 39.6 Å². The Morgan fingerprint density at radius 2 is 1.95 bits per heavy atom. The summed E-state index contributed by atoms with van der Waals surface area (Å²) in [5.74, 6) is -0.788. The van der Waals surface area contributed by atoms with Crippen LogP contribution >= 0.6 is 0 Å². The van der Waals surface area contributed by atoms with Crippen molar-refractivity contribution in [2.24, 2.45) is 0 Å². The van der Waals surface area contributed by atoms with Crippen LogP contribution in [0.3, 0.4) is 0 Å². The van der Waals surface area contributed by atoms with E-state index in [1.165, 1.54) is 24.3 Å². The van der Waals surface area contributed by atoms with Gasteiger partial charge >= 0.3 is 5.97 Å². The molecule has 1 aromatic rings. The van der Waals surface area contributed by atoms with E-state index in [2.05, 4.69) is 4.74 Å². The Morgan fingerprint density at radius 3 is 2.55 bits per heavy atom. The topological polar surface area (TPSA) is 86.7 Å². The van der Waals surface area contributed by atoms with E-state index >= 15 is 0 Å². The average molecular weight is 300 g/mol. The van der Waals surface area contributed by atoms with Crippen molar-refractivity contribution in [3.8, 4) is 5.75 Å². The molecule has 6 nitrogen and oxygen atoms in total. The van der Waals surface area contributed by atoms with Crippen LogP contribution in [-0.2, 0) is 24.2 Å². The Morgan fingerprint density at radius 1 is 1.25 bits per heavy atom. The molecule has 0 N–H and O–H groups in total. The summed E-state index contributed by atoms with van der Waals surface area (Å²) in [6.45, 7) is 1.55. The van der Waals surface area contributed by atoms with E-state index in [1.54, 1.807) is 6.92 Å². The predicted octanol–water partition coefficient (Wildman–Crippen LogP) is 0.991. The third kappa shape index (κ3) is 5.40. The summed E-state index contributed by atoms with van der Waals surface area (Å²) in [4.78, 5) is 22.6. The Hall–Kier alpha value is -1.89. The molecule has 0 bridgehead atoms. The van der Waals surface area contributed by atoms with Gasteiger partial charge in [-0.2, -0.15) is 0 Å². The number of benzene rings is 1. The van der Waals surface area contributed by atoms with E-state index in [4.69, 9.17) is 4.74 Å². The summed E-state index contributed by atoms with van der Waals surface area (Å²) in [5, 5.41) is 0. The normalized spacial score (nSPS) is 10.9. The standard InChI is InChI=1S/C13H16O6S/c1-3-18-13(15)7-10(14)9-19-11-5-4-6-12(8-11)20(2,16)17/h4-6,8H,3,7,9H2,1-2H3. The van der Waals surface area contributed by atoms with E-state index in [1.807, 2.05) is 0 Å². The van der Waals surface area contributed by atoms with Gasteiger partial charge in [0.05, 0.1) is 11.5 Å². The van der Waals surface area contributed by atoms with Gasteiger partial charge in [-0.1, -0.05) is 6.07 Å². The average Bonchev–Trinajstić information content (AvgIpc) is 2.36. The number of sulfone groups is 1. The van der Waals surface area contributed by atoms with Gasteiger partial charge in [-0.15, -0.1) is 0 Å². The van der Waals surface area contributed by atoms with Crippen LogP contribution in [0, 0.1) is 0 Å². The Balaban J connectivity index is 2.58. The highest BCUT2D eigenvalue weighted by Gasteiger charge is 2.12. The molecule has 0 amide bonds. The van der Waals surface area contributed by atoms with Crippen LogP contribution < -0.4 is 4.74 Å². The van der Waals surface area contributed by atoms with Crippen LogP contribution in [0.15, 0.2) is 29.2 Å². The zero-order valence-corrected chi connectivity index (χ0v) is 12.1. The van der Waals surface area contributed by atoms with Crippen molar-refractivity contribution >= 4 is 21.6 Å². The van der Waals surface area contributed by atoms with Gasteiger partial charge in [0.15, 0.2) is 15.6 Å². The number of carbonyl (C=O) groups excluding carboxylic acids is 2. The van der Waals surface area contributed by atoms with Crippen LogP contribution in [0.25, 0.3) is 0 Å². The number of carbonyl (C=O) groups is 2. The number of ketones is 1. The monoisotopic (exact) mass is 300 g/mol. The summed E-state index contributed by atoms with van der Waals surface area (Å²) < 4.78 is 32.5. The summed E-state index contributed by atoms with van der Waals surface area (Å²) in [6, 6.07) is 5.81. The van der Waals surface area contributed by atoms with E-state index in [-0.39, 0.29) is 30.3 Å². The molecule has 0 atom stereocenters. The Kier molecular flexibility index (Phi) is 5.69. The summed E-state index contributed by atoms with van der Waals surface area (Å²) in [5.41, 5.74) is 0. The maximum Gasteiger partial charge on any atom is 0.313 e. The SMILES string of the molecule is CCOC(=O)CC(=O)COc1cccc(S(C)(=O)=O)c1. The quantitative estimate of drug-likeness (QED) is 0.551. The van der Waals surface area contributed by atoms with E-state index in [0.29, 0.717) is 0 Å². The lowest BCUT2D eigenvalue weighted by molar-refractivity contribution is -0.145. The fourth-order valence-electron chi connectivity index (χ4n) is 1.38. The molecule has 0 unspecified atom stereocenters. The van der Waals surface area contributed by atoms with Gasteiger partial charge in [-0.25, -0.2) is 8.42 Å². The Labute approximate surface area is 117 Å². The highest BCUT2D eigenvalue weighted by molar-refractivity contribution is 7.90. The fourth-order valence-corrected chi connectivity index (χ4v) is 2.04. The highest BCUT2D eigenvalue weighted by atomic mass is 32.2. The van der Waals surface area contributed by atoms with Crippen LogP contribution in [0.4, 0.5) is 0 Å². The molecule has 0 heterocycles. The molecule has 0 radical (unpaired) electrons. The minimum atomic E-state index is -3.33. The minimum Gasteiger partial charge on any atom is -0.486 e. The molecule has 0 aliphatic heterocycles. The van der Waals surface area contributed by atoms with Crippen molar-refractivity contribution in [3.63, 3.8) is 0 Å². The maximum absolute atomic E-state index is 11.4. The van der Waals surface area contributed by atoms with Gasteiger partial charge in [-0.05, 0) is 25.1 Å². The molecule has 1 rings (SSSR count). The van der Waals surface area contributed by atoms with Crippen molar-refractivity contribution in [3.05, 3.63) is 24.3 Å². The zero-order chi connectivity index (χ0) is 15.2. The first-order valence-electron chi connectivity index (χ1n) is 5.93. The van der Waals surface area contributed by atoms with E-state index in [9.17, 15) is 18.0 Å². The number of hydrogen-bond donors (Lipinski definition) is 0. The van der Waals surface area contributed by atoms with Crippen LogP contribution in [0.2, 0.25) is 0 Å². The predicted molar refractivity (Wildman–Crippen MR) is 71.3 cm³/mol. The van der Waals surface area contributed by atoms with E-state index < -0.39 is 21.6 Å². The first kappa shape index (κ1) is 16.2. The molecule has 0 aliphatic carbocycles. The molecule has 0 fully saturated rings. The zero-order valence-electron chi connectivity index (χ0n) is 11.3. The second-order valence-corrected chi connectivity index (χ2v) is 6.07. The van der Waals surface area contributed by atoms with Gasteiger partial charge in [0.25, 0.3) is 0 Å². The molecule has 0 aromatic heterocycles. The van der Waals surface area contributed by atoms with Gasteiger partial charge in [0.1, 0.15) is 18.8 Å². The molecule has 1 aromatic carbocycles. The van der Waals surface area contributed by atoms with Gasteiger partial charge in [0, 0.05) is 6.26 Å². The smallest absolute Gasteiger partial charge is 0.313 e. The van der Waals surface area contributed by atoms with Crippen molar-refractivity contribution < 1.29 is 27.5 Å². The van der Waals surface area contributed by atoms with Crippen molar-refractivity contribution in [2.45, 2.75) is 18.2 Å². The fraction of sp³-hybridized carbons (Fsp3) is 0.385. The molecule has 0 saturated heterocycles. The lowest BCUT2D eigenvalue weighted by Gasteiger charge is -2.06. The second-order valence-electron chi connectivity index (χ2n) is 4.06. The lowest BCUT2D eigenvalue weighted by Crippen LogP contribution is -2.17. The third-order valence-electron chi connectivity index (χ3n) is 2.28. The largest absolute Gasteiger partial charge is 0.486 e. The molecule has 0 aliphatic rings.